The minimum Gasteiger partial charge on any atom is -0.507 e. The van der Waals surface area contributed by atoms with E-state index >= 15 is 0 Å². The predicted molar refractivity (Wildman–Crippen MR) is 108 cm³/mol. The van der Waals surface area contributed by atoms with Crippen LogP contribution in [-0.4, -0.2) is 58.8 Å². The van der Waals surface area contributed by atoms with Gasteiger partial charge in [0.15, 0.2) is 0 Å². The van der Waals surface area contributed by atoms with Crippen molar-refractivity contribution in [1.82, 2.24) is 5.32 Å². The molecule has 1 atom stereocenters. The van der Waals surface area contributed by atoms with Gasteiger partial charge in [0.25, 0.3) is 10.1 Å². The Bertz CT molecular complexity index is 1070. The van der Waals surface area contributed by atoms with Crippen LogP contribution in [-0.2, 0) is 14.9 Å². The first-order valence-electron chi connectivity index (χ1n) is 8.24. The third-order valence-corrected chi connectivity index (χ3v) is 4.29. The normalized spacial score (nSPS) is 11.4. The highest BCUT2D eigenvalue weighted by atomic mass is 32.2. The summed E-state index contributed by atoms with van der Waals surface area (Å²) < 4.78 is 29.5. The SMILES string of the molecule is N[C@@H](CNC(=O)Nc1ccc(O)c(C(=O)O)c1)C(=O)O.Nc1cccc(S(=O)(=O)O)c1. The molecule has 0 heterocycles. The molecule has 168 valence electrons. The largest absolute Gasteiger partial charge is 0.507 e. The molecule has 2 amide bonds. The lowest BCUT2D eigenvalue weighted by Gasteiger charge is -2.10. The fourth-order valence-electron chi connectivity index (χ4n) is 1.93. The summed E-state index contributed by atoms with van der Waals surface area (Å²) in [5.41, 5.74) is 10.5. The second kappa shape index (κ2) is 10.8. The monoisotopic (exact) mass is 456 g/mol. The number of nitrogens with two attached hydrogens (primary N) is 2. The Morgan fingerprint density at radius 2 is 1.71 bits per heavy atom. The molecular weight excluding hydrogens is 436 g/mol. The molecule has 14 heteroatoms. The number of carbonyl (C=O) groups is 3. The number of aromatic carboxylic acids is 1. The van der Waals surface area contributed by atoms with E-state index in [1.54, 1.807) is 0 Å². The standard InChI is InChI=1S/C11H13N3O6.C6H7NO3S/c12-7(10(18)19)4-13-11(20)14-5-1-2-8(15)6(3-5)9(16)17;7-5-2-1-3-6(4-5)11(8,9)10/h1-3,7,15H,4,12H2,(H,16,17)(H,18,19)(H2,13,14,20);1-4H,7H2,(H,8,9,10)/t7-;/m0./s1. The van der Waals surface area contributed by atoms with Gasteiger partial charge in [0.2, 0.25) is 0 Å². The van der Waals surface area contributed by atoms with E-state index in [0.29, 0.717) is 5.69 Å². The molecule has 10 N–H and O–H groups in total. The molecule has 31 heavy (non-hydrogen) atoms. The van der Waals surface area contributed by atoms with Gasteiger partial charge in [-0.1, -0.05) is 6.07 Å². The highest BCUT2D eigenvalue weighted by molar-refractivity contribution is 7.85. The van der Waals surface area contributed by atoms with Crippen LogP contribution >= 0.6 is 0 Å². The number of phenols is 1. The van der Waals surface area contributed by atoms with Crippen molar-refractivity contribution in [3.63, 3.8) is 0 Å². The van der Waals surface area contributed by atoms with Crippen molar-refractivity contribution in [1.29, 1.82) is 0 Å². The molecule has 0 aliphatic heterocycles. The summed E-state index contributed by atoms with van der Waals surface area (Å²) in [7, 11) is -4.11. The molecule has 0 saturated heterocycles. The minimum atomic E-state index is -4.11. The molecule has 13 nitrogen and oxygen atoms in total. The van der Waals surface area contributed by atoms with Crippen molar-refractivity contribution in [3.05, 3.63) is 48.0 Å². The van der Waals surface area contributed by atoms with E-state index in [1.807, 2.05) is 0 Å². The van der Waals surface area contributed by atoms with Crippen LogP contribution in [0.25, 0.3) is 0 Å². The molecule has 2 aromatic carbocycles. The van der Waals surface area contributed by atoms with E-state index in [2.05, 4.69) is 10.6 Å². The summed E-state index contributed by atoms with van der Waals surface area (Å²) in [5.74, 6) is -3.04. The zero-order valence-electron chi connectivity index (χ0n) is 15.7. The lowest BCUT2D eigenvalue weighted by molar-refractivity contribution is -0.138. The minimum absolute atomic E-state index is 0.126. The van der Waals surface area contributed by atoms with Gasteiger partial charge >= 0.3 is 18.0 Å². The maximum Gasteiger partial charge on any atom is 0.339 e. The summed E-state index contributed by atoms with van der Waals surface area (Å²) in [5, 5.41) is 31.1. The van der Waals surface area contributed by atoms with Crippen molar-refractivity contribution in [3.8, 4) is 5.75 Å². The Hall–Kier alpha value is -3.88. The van der Waals surface area contributed by atoms with Crippen molar-refractivity contribution in [2.45, 2.75) is 10.9 Å². The second-order valence-electron chi connectivity index (χ2n) is 5.86. The van der Waals surface area contributed by atoms with Crippen molar-refractivity contribution in [2.24, 2.45) is 5.73 Å². The molecule has 0 bridgehead atoms. The van der Waals surface area contributed by atoms with Crippen LogP contribution < -0.4 is 22.1 Å². The Kier molecular flexibility index (Phi) is 8.74. The van der Waals surface area contributed by atoms with Gasteiger partial charge in [-0.3, -0.25) is 9.35 Å². The van der Waals surface area contributed by atoms with Crippen molar-refractivity contribution < 1.29 is 42.7 Å². The quantitative estimate of drug-likeness (QED) is 0.165. The number of carboxylic acids is 2. The first-order chi connectivity index (χ1) is 14.3. The maximum absolute atomic E-state index is 11.4. The number of anilines is 2. The van der Waals surface area contributed by atoms with Crippen LogP contribution in [0.2, 0.25) is 0 Å². The number of carboxylic acid groups (broad SMARTS) is 2. The molecule has 0 radical (unpaired) electrons. The predicted octanol–water partition coefficient (Wildman–Crippen LogP) is 0.139. The number of nitrogen functional groups attached to an aromatic ring is 1. The summed E-state index contributed by atoms with van der Waals surface area (Å²) in [6.07, 6.45) is 0. The molecule has 0 unspecified atom stereocenters. The Balaban J connectivity index is 0.000000367. The Labute approximate surface area is 176 Å². The van der Waals surface area contributed by atoms with Crippen LogP contribution in [0.3, 0.4) is 0 Å². The number of urea groups is 1. The zero-order valence-corrected chi connectivity index (χ0v) is 16.5. The summed E-state index contributed by atoms with van der Waals surface area (Å²) in [6.45, 7) is -0.287. The lowest BCUT2D eigenvalue weighted by Crippen LogP contribution is -2.43. The smallest absolute Gasteiger partial charge is 0.339 e. The molecule has 0 fully saturated rings. The average Bonchev–Trinajstić information content (AvgIpc) is 2.67. The van der Waals surface area contributed by atoms with Crippen molar-refractivity contribution >= 4 is 39.5 Å². The van der Waals surface area contributed by atoms with E-state index < -0.39 is 39.9 Å². The number of benzene rings is 2. The van der Waals surface area contributed by atoms with E-state index in [9.17, 15) is 27.9 Å². The first-order valence-corrected chi connectivity index (χ1v) is 9.68. The number of nitrogens with one attached hydrogen (secondary N) is 2. The van der Waals surface area contributed by atoms with Crippen LogP contribution in [0.5, 0.6) is 5.75 Å². The topological polar surface area (TPSA) is 242 Å². The molecule has 0 aromatic heterocycles. The third kappa shape index (κ3) is 8.57. The molecule has 2 rings (SSSR count). The Morgan fingerprint density at radius 3 is 2.19 bits per heavy atom. The van der Waals surface area contributed by atoms with E-state index in [1.165, 1.54) is 30.3 Å². The van der Waals surface area contributed by atoms with Crippen molar-refractivity contribution in [2.75, 3.05) is 17.6 Å². The molecule has 0 aliphatic rings. The van der Waals surface area contributed by atoms with Crippen LogP contribution in [0, 0.1) is 0 Å². The van der Waals surface area contributed by atoms with Gasteiger partial charge in [-0.05, 0) is 36.4 Å². The second-order valence-corrected chi connectivity index (χ2v) is 7.29. The molecule has 0 spiro atoms. The molecule has 0 aliphatic carbocycles. The first kappa shape index (κ1) is 25.2. The number of amides is 2. The average molecular weight is 456 g/mol. The van der Waals surface area contributed by atoms with Gasteiger partial charge in [-0.25, -0.2) is 9.59 Å². The Morgan fingerprint density at radius 1 is 1.06 bits per heavy atom. The molecule has 0 saturated carbocycles. The zero-order chi connectivity index (χ0) is 23.8. The fraction of sp³-hybridized carbons (Fsp3) is 0.118. The number of aliphatic carboxylic acids is 1. The highest BCUT2D eigenvalue weighted by Crippen LogP contribution is 2.21. The summed E-state index contributed by atoms with van der Waals surface area (Å²) in [6, 6.07) is 6.93. The summed E-state index contributed by atoms with van der Waals surface area (Å²) >= 11 is 0. The van der Waals surface area contributed by atoms with Crippen LogP contribution in [0.4, 0.5) is 16.2 Å². The fourth-order valence-corrected chi connectivity index (χ4v) is 2.46. The van der Waals surface area contributed by atoms with Gasteiger partial charge in [0.1, 0.15) is 17.4 Å². The number of aromatic hydroxyl groups is 1. The number of hydrogen-bond donors (Lipinski definition) is 8. The van der Waals surface area contributed by atoms with Gasteiger partial charge in [-0.15, -0.1) is 0 Å². The lowest BCUT2D eigenvalue weighted by atomic mass is 10.2. The van der Waals surface area contributed by atoms with Crippen LogP contribution in [0.1, 0.15) is 10.4 Å². The molecule has 2 aromatic rings. The highest BCUT2D eigenvalue weighted by Gasteiger charge is 2.14. The third-order valence-electron chi connectivity index (χ3n) is 3.44. The van der Waals surface area contributed by atoms with Gasteiger partial charge in [0, 0.05) is 17.9 Å². The van der Waals surface area contributed by atoms with E-state index in [4.69, 9.17) is 26.2 Å². The maximum atomic E-state index is 11.4. The van der Waals surface area contributed by atoms with Crippen LogP contribution in [0.15, 0.2) is 47.4 Å². The number of rotatable bonds is 6. The van der Waals surface area contributed by atoms with Gasteiger partial charge in [-0.2, -0.15) is 8.42 Å². The summed E-state index contributed by atoms with van der Waals surface area (Å²) in [4.78, 5) is 32.5. The van der Waals surface area contributed by atoms with E-state index in [0.717, 1.165) is 12.1 Å². The number of hydrogen-bond acceptors (Lipinski definition) is 8. The van der Waals surface area contributed by atoms with Gasteiger partial charge in [0.05, 0.1) is 4.90 Å². The number of carbonyl (C=O) groups excluding carboxylic acids is 1. The van der Waals surface area contributed by atoms with Gasteiger partial charge < -0.3 is 37.4 Å². The van der Waals surface area contributed by atoms with E-state index in [-0.39, 0.29) is 22.7 Å². The molecular formula is C17H20N4O9S.